The van der Waals surface area contributed by atoms with Crippen LogP contribution in [-0.2, 0) is 6.54 Å². The number of rotatable bonds is 4. The van der Waals surface area contributed by atoms with Gasteiger partial charge in [-0.1, -0.05) is 54.2 Å². The first-order valence-electron chi connectivity index (χ1n) is 9.93. The number of hydrogen-bond acceptors (Lipinski definition) is 5. The first-order chi connectivity index (χ1) is 16.0. The van der Waals surface area contributed by atoms with Crippen molar-refractivity contribution in [3.8, 4) is 5.75 Å². The minimum Gasteiger partial charge on any atom is -0.505 e. The van der Waals surface area contributed by atoms with Gasteiger partial charge in [0.25, 0.3) is 5.56 Å². The van der Waals surface area contributed by atoms with Crippen LogP contribution in [0.1, 0.15) is 5.56 Å². The van der Waals surface area contributed by atoms with Crippen LogP contribution >= 0.6 is 11.8 Å². The molecule has 0 aliphatic heterocycles. The molecule has 5 nitrogen and oxygen atoms in total. The summed E-state index contributed by atoms with van der Waals surface area (Å²) >= 11 is 0.669. The second kappa shape index (κ2) is 8.22. The van der Waals surface area contributed by atoms with E-state index in [1.807, 2.05) is 0 Å². The van der Waals surface area contributed by atoms with E-state index in [1.165, 1.54) is 28.8 Å². The standard InChI is InChI=1S/C25H15F2NO4S/c26-16-9-3-1-7-14(16)13-28-18-11-5-2-8-15(18)22-20(24(28)30)21(29)23(25(31)32-22)33-19-12-6-4-10-17(19)27/h1-12,29H,13H2. The van der Waals surface area contributed by atoms with Crippen LogP contribution in [0.5, 0.6) is 5.75 Å². The van der Waals surface area contributed by atoms with Crippen LogP contribution in [0.25, 0.3) is 21.9 Å². The second-order valence-corrected chi connectivity index (χ2v) is 8.36. The lowest BCUT2D eigenvalue weighted by atomic mass is 10.1. The first-order valence-corrected chi connectivity index (χ1v) is 10.7. The number of fused-ring (bicyclic) bond motifs is 3. The van der Waals surface area contributed by atoms with Gasteiger partial charge in [-0.25, -0.2) is 13.6 Å². The topological polar surface area (TPSA) is 72.4 Å². The fraction of sp³-hybridized carbons (Fsp3) is 0.0400. The summed E-state index contributed by atoms with van der Waals surface area (Å²) in [5.74, 6) is -1.67. The summed E-state index contributed by atoms with van der Waals surface area (Å²) in [4.78, 5) is 26.0. The van der Waals surface area contributed by atoms with Gasteiger partial charge >= 0.3 is 5.63 Å². The maximum absolute atomic E-state index is 14.3. The van der Waals surface area contributed by atoms with Crippen molar-refractivity contribution in [2.75, 3.05) is 0 Å². The lowest BCUT2D eigenvalue weighted by Gasteiger charge is -2.14. The van der Waals surface area contributed by atoms with Crippen LogP contribution in [0.2, 0.25) is 0 Å². The molecule has 0 saturated carbocycles. The highest BCUT2D eigenvalue weighted by molar-refractivity contribution is 7.99. The average molecular weight is 463 g/mol. The lowest BCUT2D eigenvalue weighted by Crippen LogP contribution is -2.23. The van der Waals surface area contributed by atoms with Gasteiger partial charge in [0.05, 0.1) is 12.1 Å². The van der Waals surface area contributed by atoms with Crippen LogP contribution in [0.15, 0.2) is 96.6 Å². The second-order valence-electron chi connectivity index (χ2n) is 7.30. The summed E-state index contributed by atoms with van der Waals surface area (Å²) in [5.41, 5.74) is -0.953. The molecule has 0 amide bonds. The molecule has 0 unspecified atom stereocenters. The number of aromatic nitrogens is 1. The Kier molecular flexibility index (Phi) is 5.22. The van der Waals surface area contributed by atoms with Crippen molar-refractivity contribution < 1.29 is 18.3 Å². The Bertz CT molecular complexity index is 1660. The number of halogens is 2. The van der Waals surface area contributed by atoms with Gasteiger partial charge < -0.3 is 14.1 Å². The van der Waals surface area contributed by atoms with Crippen LogP contribution in [0.4, 0.5) is 8.78 Å². The van der Waals surface area contributed by atoms with Crippen LogP contribution in [0, 0.1) is 11.6 Å². The molecule has 8 heteroatoms. The lowest BCUT2D eigenvalue weighted by molar-refractivity contribution is 0.446. The van der Waals surface area contributed by atoms with E-state index in [1.54, 1.807) is 48.5 Å². The van der Waals surface area contributed by atoms with Gasteiger partial charge in [0.2, 0.25) is 0 Å². The summed E-state index contributed by atoms with van der Waals surface area (Å²) in [5, 5.41) is 11.1. The third-order valence-corrected chi connectivity index (χ3v) is 6.41. The van der Waals surface area contributed by atoms with Gasteiger partial charge in [-0.3, -0.25) is 4.79 Å². The van der Waals surface area contributed by atoms with E-state index in [0.717, 1.165) is 0 Å². The monoisotopic (exact) mass is 463 g/mol. The van der Waals surface area contributed by atoms with E-state index >= 15 is 0 Å². The molecule has 1 N–H and O–H groups in total. The highest BCUT2D eigenvalue weighted by atomic mass is 32.2. The Morgan fingerprint density at radius 3 is 2.30 bits per heavy atom. The van der Waals surface area contributed by atoms with Crippen molar-refractivity contribution in [1.82, 2.24) is 4.57 Å². The van der Waals surface area contributed by atoms with E-state index < -0.39 is 28.6 Å². The molecule has 0 aliphatic rings. The highest BCUT2D eigenvalue weighted by Crippen LogP contribution is 2.38. The van der Waals surface area contributed by atoms with Crippen LogP contribution in [0.3, 0.4) is 0 Å². The van der Waals surface area contributed by atoms with E-state index in [2.05, 4.69) is 0 Å². The molecule has 2 heterocycles. The Balaban J connectivity index is 1.81. The fourth-order valence-electron chi connectivity index (χ4n) is 3.72. The van der Waals surface area contributed by atoms with E-state index in [-0.39, 0.29) is 32.9 Å². The molecular formula is C25H15F2NO4S. The molecule has 33 heavy (non-hydrogen) atoms. The summed E-state index contributed by atoms with van der Waals surface area (Å²) in [6, 6.07) is 18.5. The van der Waals surface area contributed by atoms with Gasteiger partial charge in [0.15, 0.2) is 11.3 Å². The molecular weight excluding hydrogens is 448 g/mol. The number of para-hydroxylation sites is 1. The zero-order valence-electron chi connectivity index (χ0n) is 16.9. The molecule has 0 saturated heterocycles. The smallest absolute Gasteiger partial charge is 0.354 e. The van der Waals surface area contributed by atoms with Gasteiger partial charge in [0, 0.05) is 15.8 Å². The number of nitrogens with zero attached hydrogens (tertiary/aromatic N) is 1. The number of pyridine rings is 1. The Labute approximate surface area is 189 Å². The fourth-order valence-corrected chi connectivity index (χ4v) is 4.58. The predicted molar refractivity (Wildman–Crippen MR) is 122 cm³/mol. The summed E-state index contributed by atoms with van der Waals surface area (Å²) in [7, 11) is 0. The maximum Gasteiger partial charge on any atom is 0.354 e. The van der Waals surface area contributed by atoms with Gasteiger partial charge in [-0.05, 0) is 30.3 Å². The molecule has 5 aromatic rings. The van der Waals surface area contributed by atoms with E-state index in [9.17, 15) is 23.5 Å². The van der Waals surface area contributed by atoms with Crippen LogP contribution < -0.4 is 11.2 Å². The van der Waals surface area contributed by atoms with Crippen molar-refractivity contribution in [3.63, 3.8) is 0 Å². The van der Waals surface area contributed by atoms with Gasteiger partial charge in [0.1, 0.15) is 21.9 Å². The molecule has 0 spiro atoms. The Morgan fingerprint density at radius 2 is 1.55 bits per heavy atom. The first kappa shape index (κ1) is 21.0. The number of benzene rings is 3. The third-order valence-electron chi connectivity index (χ3n) is 5.29. The summed E-state index contributed by atoms with van der Waals surface area (Å²) in [6.07, 6.45) is 0. The number of aromatic hydroxyl groups is 1. The van der Waals surface area contributed by atoms with Crippen LogP contribution in [-0.4, -0.2) is 9.67 Å². The van der Waals surface area contributed by atoms with Crippen molar-refractivity contribution in [3.05, 3.63) is 111 Å². The van der Waals surface area contributed by atoms with E-state index in [4.69, 9.17) is 4.42 Å². The molecule has 0 fully saturated rings. The predicted octanol–water partition coefficient (Wildman–Crippen LogP) is 5.29. The average Bonchev–Trinajstić information content (AvgIpc) is 2.81. The summed E-state index contributed by atoms with van der Waals surface area (Å²) in [6.45, 7) is -0.101. The molecule has 0 atom stereocenters. The normalized spacial score (nSPS) is 11.3. The van der Waals surface area contributed by atoms with Crippen molar-refractivity contribution in [2.24, 2.45) is 0 Å². The van der Waals surface area contributed by atoms with E-state index in [0.29, 0.717) is 22.7 Å². The van der Waals surface area contributed by atoms with Crippen molar-refractivity contribution in [1.29, 1.82) is 0 Å². The minimum atomic E-state index is -0.898. The zero-order chi connectivity index (χ0) is 23.1. The summed E-state index contributed by atoms with van der Waals surface area (Å²) < 4.78 is 35.3. The number of hydrogen-bond donors (Lipinski definition) is 1. The zero-order valence-corrected chi connectivity index (χ0v) is 17.7. The van der Waals surface area contributed by atoms with Crippen molar-refractivity contribution >= 4 is 33.6 Å². The quantitative estimate of drug-likeness (QED) is 0.367. The minimum absolute atomic E-state index is 0.0826. The Morgan fingerprint density at radius 1 is 0.879 bits per heavy atom. The largest absolute Gasteiger partial charge is 0.505 e. The highest BCUT2D eigenvalue weighted by Gasteiger charge is 2.23. The molecule has 164 valence electrons. The molecule has 2 aromatic heterocycles. The van der Waals surface area contributed by atoms with Gasteiger partial charge in [-0.15, -0.1) is 0 Å². The molecule has 3 aromatic carbocycles. The SMILES string of the molecule is O=c1oc2c(c(O)c1Sc1ccccc1F)c(=O)n(Cc1ccccc1F)c1ccccc21. The maximum atomic E-state index is 14.3. The molecule has 0 bridgehead atoms. The molecule has 5 rings (SSSR count). The molecule has 0 radical (unpaired) electrons. The van der Waals surface area contributed by atoms with Gasteiger partial charge in [-0.2, -0.15) is 0 Å². The van der Waals surface area contributed by atoms with Crippen molar-refractivity contribution in [2.45, 2.75) is 16.3 Å². The Hall–Kier alpha value is -3.91. The third kappa shape index (κ3) is 3.58. The molecule has 0 aliphatic carbocycles.